The van der Waals surface area contributed by atoms with Crippen molar-refractivity contribution >= 4 is 5.91 Å². The fourth-order valence-corrected chi connectivity index (χ4v) is 2.57. The molecular formula is C14H29N3O. The lowest BCUT2D eigenvalue weighted by Crippen LogP contribution is -2.34. The summed E-state index contributed by atoms with van der Waals surface area (Å²) in [5.41, 5.74) is 5.12. The highest BCUT2D eigenvalue weighted by atomic mass is 16.1. The van der Waals surface area contributed by atoms with E-state index in [0.29, 0.717) is 18.5 Å². The van der Waals surface area contributed by atoms with Crippen molar-refractivity contribution in [3.63, 3.8) is 0 Å². The van der Waals surface area contributed by atoms with Gasteiger partial charge in [0.15, 0.2) is 0 Å². The Morgan fingerprint density at radius 1 is 1.33 bits per heavy atom. The number of unbranched alkanes of at least 4 members (excludes halogenated alkanes) is 1. The molecule has 106 valence electrons. The molecule has 1 aliphatic rings. The van der Waals surface area contributed by atoms with Crippen LogP contribution in [0.3, 0.4) is 0 Å². The first-order valence-corrected chi connectivity index (χ1v) is 7.35. The van der Waals surface area contributed by atoms with Crippen LogP contribution in [0.15, 0.2) is 0 Å². The summed E-state index contributed by atoms with van der Waals surface area (Å²) in [5.74, 6) is -0.183. The number of nitrogens with two attached hydrogens (primary N) is 1. The van der Waals surface area contributed by atoms with Gasteiger partial charge in [-0.05, 0) is 65.6 Å². The minimum atomic E-state index is -0.183. The Kier molecular flexibility index (Phi) is 7.28. The van der Waals surface area contributed by atoms with Gasteiger partial charge >= 0.3 is 0 Å². The molecule has 1 saturated heterocycles. The van der Waals surface area contributed by atoms with Gasteiger partial charge in [-0.2, -0.15) is 0 Å². The predicted molar refractivity (Wildman–Crippen MR) is 75.4 cm³/mol. The van der Waals surface area contributed by atoms with Gasteiger partial charge in [-0.25, -0.2) is 0 Å². The molecule has 0 aromatic rings. The number of nitrogens with one attached hydrogen (secondary N) is 1. The second-order valence-electron chi connectivity index (χ2n) is 5.64. The Labute approximate surface area is 111 Å². The fourth-order valence-electron chi connectivity index (χ4n) is 2.57. The van der Waals surface area contributed by atoms with Crippen molar-refractivity contribution < 1.29 is 4.79 Å². The molecule has 0 spiro atoms. The molecule has 1 unspecified atom stereocenters. The molecule has 1 fully saturated rings. The van der Waals surface area contributed by atoms with E-state index >= 15 is 0 Å². The summed E-state index contributed by atoms with van der Waals surface area (Å²) in [6.45, 7) is 8.00. The van der Waals surface area contributed by atoms with Gasteiger partial charge < -0.3 is 16.0 Å². The summed E-state index contributed by atoms with van der Waals surface area (Å²) in [6.07, 6.45) is 6.29. The maximum Gasteiger partial charge on any atom is 0.217 e. The lowest BCUT2D eigenvalue weighted by atomic mass is 10.1. The summed E-state index contributed by atoms with van der Waals surface area (Å²) in [7, 11) is 0. The second kappa shape index (κ2) is 8.48. The number of nitrogens with zero attached hydrogens (tertiary/aromatic N) is 1. The molecule has 0 saturated carbocycles. The van der Waals surface area contributed by atoms with Gasteiger partial charge in [0.1, 0.15) is 0 Å². The average Bonchev–Trinajstić information content (AvgIpc) is 2.53. The first-order chi connectivity index (χ1) is 8.59. The summed E-state index contributed by atoms with van der Waals surface area (Å²) >= 11 is 0. The molecule has 4 nitrogen and oxygen atoms in total. The van der Waals surface area contributed by atoms with Crippen LogP contribution in [0, 0.1) is 0 Å². The zero-order valence-corrected chi connectivity index (χ0v) is 12.0. The zero-order chi connectivity index (χ0) is 13.4. The van der Waals surface area contributed by atoms with Gasteiger partial charge in [-0.3, -0.25) is 4.79 Å². The zero-order valence-electron chi connectivity index (χ0n) is 12.0. The van der Waals surface area contributed by atoms with E-state index in [0.717, 1.165) is 19.4 Å². The van der Waals surface area contributed by atoms with Crippen LogP contribution in [0.1, 0.15) is 52.4 Å². The summed E-state index contributed by atoms with van der Waals surface area (Å²) in [6, 6.07) is 1.32. The molecule has 1 amide bonds. The molecular weight excluding hydrogens is 226 g/mol. The summed E-state index contributed by atoms with van der Waals surface area (Å²) < 4.78 is 0. The van der Waals surface area contributed by atoms with Crippen LogP contribution in [0.25, 0.3) is 0 Å². The SMILES string of the molecule is CC(C)N1CCCC(NCCCCC(N)=O)CC1. The number of primary amides is 1. The maximum absolute atomic E-state index is 10.6. The third-order valence-corrected chi connectivity index (χ3v) is 3.78. The molecule has 0 aliphatic carbocycles. The number of rotatable bonds is 7. The van der Waals surface area contributed by atoms with Gasteiger partial charge in [0.05, 0.1) is 0 Å². The molecule has 0 aromatic carbocycles. The van der Waals surface area contributed by atoms with Gasteiger partial charge in [-0.1, -0.05) is 0 Å². The maximum atomic E-state index is 10.6. The van der Waals surface area contributed by atoms with Crippen molar-refractivity contribution in [2.24, 2.45) is 5.73 Å². The van der Waals surface area contributed by atoms with Crippen molar-refractivity contribution in [1.29, 1.82) is 0 Å². The minimum Gasteiger partial charge on any atom is -0.370 e. The quantitative estimate of drug-likeness (QED) is 0.678. The molecule has 1 atom stereocenters. The van der Waals surface area contributed by atoms with Gasteiger partial charge in [0, 0.05) is 18.5 Å². The molecule has 4 heteroatoms. The van der Waals surface area contributed by atoms with Crippen LogP contribution in [0.2, 0.25) is 0 Å². The smallest absolute Gasteiger partial charge is 0.217 e. The van der Waals surface area contributed by atoms with Crippen LogP contribution in [-0.2, 0) is 4.79 Å². The number of amides is 1. The second-order valence-corrected chi connectivity index (χ2v) is 5.64. The van der Waals surface area contributed by atoms with Gasteiger partial charge in [0.2, 0.25) is 5.91 Å². The van der Waals surface area contributed by atoms with Crippen molar-refractivity contribution in [3.8, 4) is 0 Å². The lowest BCUT2D eigenvalue weighted by Gasteiger charge is -2.24. The molecule has 18 heavy (non-hydrogen) atoms. The first-order valence-electron chi connectivity index (χ1n) is 7.35. The van der Waals surface area contributed by atoms with Crippen molar-refractivity contribution in [1.82, 2.24) is 10.2 Å². The van der Waals surface area contributed by atoms with E-state index in [1.54, 1.807) is 0 Å². The van der Waals surface area contributed by atoms with Crippen molar-refractivity contribution in [2.75, 3.05) is 19.6 Å². The monoisotopic (exact) mass is 255 g/mol. The highest BCUT2D eigenvalue weighted by Crippen LogP contribution is 2.13. The lowest BCUT2D eigenvalue weighted by molar-refractivity contribution is -0.118. The third kappa shape index (κ3) is 6.36. The van der Waals surface area contributed by atoms with E-state index in [2.05, 4.69) is 24.1 Å². The molecule has 1 aliphatic heterocycles. The molecule has 0 aromatic heterocycles. The Balaban J connectivity index is 2.10. The van der Waals surface area contributed by atoms with Crippen molar-refractivity contribution in [3.05, 3.63) is 0 Å². The topological polar surface area (TPSA) is 58.4 Å². The third-order valence-electron chi connectivity index (χ3n) is 3.78. The number of carbonyl (C=O) groups is 1. The van der Waals surface area contributed by atoms with E-state index in [4.69, 9.17) is 5.73 Å². The predicted octanol–water partition coefficient (Wildman–Crippen LogP) is 1.49. The van der Waals surface area contributed by atoms with Gasteiger partial charge in [0.25, 0.3) is 0 Å². The standard InChI is InChI=1S/C14H29N3O/c1-12(2)17-10-5-6-13(8-11-17)16-9-4-3-7-14(15)18/h12-13,16H,3-11H2,1-2H3,(H2,15,18). The van der Waals surface area contributed by atoms with E-state index in [1.165, 1.54) is 32.4 Å². The molecule has 3 N–H and O–H groups in total. The molecule has 0 bridgehead atoms. The van der Waals surface area contributed by atoms with E-state index in [9.17, 15) is 4.79 Å². The number of likely N-dealkylation sites (tertiary alicyclic amines) is 1. The Morgan fingerprint density at radius 3 is 2.78 bits per heavy atom. The van der Waals surface area contributed by atoms with E-state index < -0.39 is 0 Å². The number of hydrogen-bond acceptors (Lipinski definition) is 3. The van der Waals surface area contributed by atoms with Crippen LogP contribution < -0.4 is 11.1 Å². The largest absolute Gasteiger partial charge is 0.370 e. The molecule has 1 rings (SSSR count). The van der Waals surface area contributed by atoms with Crippen LogP contribution in [0.4, 0.5) is 0 Å². The highest BCUT2D eigenvalue weighted by molar-refractivity contribution is 5.73. The highest BCUT2D eigenvalue weighted by Gasteiger charge is 2.17. The van der Waals surface area contributed by atoms with Crippen LogP contribution in [0.5, 0.6) is 0 Å². The van der Waals surface area contributed by atoms with Crippen molar-refractivity contribution in [2.45, 2.75) is 64.5 Å². The summed E-state index contributed by atoms with van der Waals surface area (Å²) in [4.78, 5) is 13.2. The Hall–Kier alpha value is -0.610. The Bertz CT molecular complexity index is 243. The normalized spacial score (nSPS) is 22.1. The van der Waals surface area contributed by atoms with Crippen LogP contribution in [-0.4, -0.2) is 42.5 Å². The number of hydrogen-bond donors (Lipinski definition) is 2. The first kappa shape index (κ1) is 15.4. The van der Waals surface area contributed by atoms with E-state index in [-0.39, 0.29) is 5.91 Å². The minimum absolute atomic E-state index is 0.183. The molecule has 1 heterocycles. The fraction of sp³-hybridized carbons (Fsp3) is 0.929. The van der Waals surface area contributed by atoms with Crippen LogP contribution >= 0.6 is 0 Å². The van der Waals surface area contributed by atoms with Gasteiger partial charge in [-0.15, -0.1) is 0 Å². The van der Waals surface area contributed by atoms with E-state index in [1.807, 2.05) is 0 Å². The number of carbonyl (C=O) groups excluding carboxylic acids is 1. The average molecular weight is 255 g/mol. The summed E-state index contributed by atoms with van der Waals surface area (Å²) in [5, 5.41) is 3.62. The Morgan fingerprint density at radius 2 is 2.11 bits per heavy atom. The molecule has 0 radical (unpaired) electrons.